The van der Waals surface area contributed by atoms with Crippen LogP contribution in [-0.4, -0.2) is 24.4 Å². The number of benzene rings is 1. The molecule has 0 saturated carbocycles. The number of rotatable bonds is 6. The van der Waals surface area contributed by atoms with Crippen molar-refractivity contribution in [2.75, 3.05) is 18.9 Å². The summed E-state index contributed by atoms with van der Waals surface area (Å²) < 4.78 is 13.7. The number of anilines is 1. The number of amides is 1. The van der Waals surface area contributed by atoms with Gasteiger partial charge >= 0.3 is 0 Å². The molecule has 0 aliphatic heterocycles. The van der Waals surface area contributed by atoms with E-state index < -0.39 is 0 Å². The molecule has 0 fully saturated rings. The van der Waals surface area contributed by atoms with Crippen molar-refractivity contribution in [3.63, 3.8) is 0 Å². The second kappa shape index (κ2) is 8.43. The number of aryl methyl sites for hydroxylation is 1. The van der Waals surface area contributed by atoms with Crippen LogP contribution in [0.2, 0.25) is 0 Å². The summed E-state index contributed by atoms with van der Waals surface area (Å²) in [4.78, 5) is 15.5. The number of nitriles is 1. The van der Waals surface area contributed by atoms with Crippen molar-refractivity contribution in [2.24, 2.45) is 0 Å². The average Bonchev–Trinajstić information content (AvgIpc) is 2.99. The first kappa shape index (κ1) is 18.6. The molecule has 2 aromatic rings. The van der Waals surface area contributed by atoms with E-state index in [1.807, 2.05) is 11.9 Å². The molecule has 1 heterocycles. The van der Waals surface area contributed by atoms with Crippen molar-refractivity contribution in [1.29, 1.82) is 5.26 Å². The zero-order valence-corrected chi connectivity index (χ0v) is 15.7. The maximum absolute atomic E-state index is 13.7. The Morgan fingerprint density at radius 3 is 2.88 bits per heavy atom. The molecule has 26 heavy (non-hydrogen) atoms. The van der Waals surface area contributed by atoms with Crippen molar-refractivity contribution in [3.05, 3.63) is 51.7 Å². The molecule has 1 N–H and O–H groups in total. The molecule has 1 aliphatic rings. The minimum Gasteiger partial charge on any atom is -0.317 e. The molecule has 0 saturated heterocycles. The summed E-state index contributed by atoms with van der Waals surface area (Å²) in [7, 11) is 1.87. The summed E-state index contributed by atoms with van der Waals surface area (Å²) in [5, 5.41) is 13.0. The van der Waals surface area contributed by atoms with E-state index in [2.05, 4.69) is 11.4 Å². The van der Waals surface area contributed by atoms with E-state index in [0.29, 0.717) is 35.6 Å². The van der Waals surface area contributed by atoms with Gasteiger partial charge in [0.25, 0.3) is 0 Å². The van der Waals surface area contributed by atoms with Crippen LogP contribution in [0.1, 0.15) is 40.8 Å². The highest BCUT2D eigenvalue weighted by atomic mass is 32.1. The Balaban J connectivity index is 1.55. The van der Waals surface area contributed by atoms with Crippen LogP contribution in [0.5, 0.6) is 0 Å². The Morgan fingerprint density at radius 2 is 2.12 bits per heavy atom. The fourth-order valence-electron chi connectivity index (χ4n) is 3.25. The van der Waals surface area contributed by atoms with Crippen LogP contribution in [0, 0.1) is 17.1 Å². The number of nitrogens with one attached hydrogen (secondary N) is 1. The van der Waals surface area contributed by atoms with Crippen LogP contribution in [0.3, 0.4) is 0 Å². The van der Waals surface area contributed by atoms with Crippen molar-refractivity contribution < 1.29 is 9.18 Å². The van der Waals surface area contributed by atoms with Crippen molar-refractivity contribution in [1.82, 2.24) is 4.90 Å². The highest BCUT2D eigenvalue weighted by Gasteiger charge is 2.21. The zero-order valence-electron chi connectivity index (χ0n) is 14.8. The van der Waals surface area contributed by atoms with Gasteiger partial charge in [0.1, 0.15) is 16.9 Å². The molecule has 1 aliphatic carbocycles. The van der Waals surface area contributed by atoms with Gasteiger partial charge in [-0.2, -0.15) is 5.26 Å². The second-order valence-electron chi connectivity index (χ2n) is 6.65. The Kier molecular flexibility index (Phi) is 6.02. The topological polar surface area (TPSA) is 56.1 Å². The highest BCUT2D eigenvalue weighted by molar-refractivity contribution is 7.16. The molecule has 3 rings (SSSR count). The van der Waals surface area contributed by atoms with E-state index >= 15 is 0 Å². The van der Waals surface area contributed by atoms with Gasteiger partial charge in [0.05, 0.1) is 5.56 Å². The molecule has 1 amide bonds. The number of hydrogen-bond acceptors (Lipinski definition) is 4. The SMILES string of the molecule is CN(CCC(=O)Nc1sc2c(c1C#N)CCCC2)Cc1ccccc1F. The molecule has 0 spiro atoms. The lowest BCUT2D eigenvalue weighted by Gasteiger charge is -2.16. The van der Waals surface area contributed by atoms with Gasteiger partial charge in [0.15, 0.2) is 0 Å². The van der Waals surface area contributed by atoms with Crippen LogP contribution < -0.4 is 5.32 Å². The normalized spacial score (nSPS) is 13.3. The van der Waals surface area contributed by atoms with E-state index in [4.69, 9.17) is 0 Å². The van der Waals surface area contributed by atoms with Crippen LogP contribution in [-0.2, 0) is 24.2 Å². The fraction of sp³-hybridized carbons (Fsp3) is 0.400. The van der Waals surface area contributed by atoms with E-state index in [9.17, 15) is 14.4 Å². The molecule has 6 heteroatoms. The second-order valence-corrected chi connectivity index (χ2v) is 7.76. The Hall–Kier alpha value is -2.23. The van der Waals surface area contributed by atoms with Gasteiger partial charge in [-0.1, -0.05) is 18.2 Å². The molecule has 1 aromatic heterocycles. The minimum absolute atomic E-state index is 0.111. The van der Waals surface area contributed by atoms with Gasteiger partial charge < -0.3 is 10.2 Å². The first-order chi connectivity index (χ1) is 12.6. The van der Waals surface area contributed by atoms with Gasteiger partial charge in [-0.3, -0.25) is 4.79 Å². The van der Waals surface area contributed by atoms with Crippen molar-refractivity contribution in [3.8, 4) is 6.07 Å². The Labute approximate surface area is 157 Å². The molecule has 0 radical (unpaired) electrons. The molecule has 1 aromatic carbocycles. The summed E-state index contributed by atoms with van der Waals surface area (Å²) >= 11 is 1.54. The first-order valence-corrected chi connectivity index (χ1v) is 9.66. The zero-order chi connectivity index (χ0) is 18.5. The number of halogens is 1. The number of fused-ring (bicyclic) bond motifs is 1. The Bertz CT molecular complexity index is 840. The molecule has 136 valence electrons. The molecular weight excluding hydrogens is 349 g/mol. The lowest BCUT2D eigenvalue weighted by Crippen LogP contribution is -2.24. The lowest BCUT2D eigenvalue weighted by atomic mass is 9.96. The van der Waals surface area contributed by atoms with Gasteiger partial charge in [-0.25, -0.2) is 4.39 Å². The molecule has 0 unspecified atom stereocenters. The predicted octanol–water partition coefficient (Wildman–Crippen LogP) is 4.10. The summed E-state index contributed by atoms with van der Waals surface area (Å²) in [5.74, 6) is -0.341. The standard InChI is InChI=1S/C20H22FN3OS/c1-24(13-14-6-2-4-8-17(14)21)11-10-19(25)23-20-16(12-22)15-7-3-5-9-18(15)26-20/h2,4,6,8H,3,5,7,9-11,13H2,1H3,(H,23,25). The summed E-state index contributed by atoms with van der Waals surface area (Å²) in [5.41, 5.74) is 2.38. The monoisotopic (exact) mass is 371 g/mol. The average molecular weight is 371 g/mol. The molecule has 0 atom stereocenters. The molecular formula is C20H22FN3OS. The van der Waals surface area contributed by atoms with Gasteiger partial charge in [0.2, 0.25) is 5.91 Å². The molecule has 4 nitrogen and oxygen atoms in total. The third-order valence-corrected chi connectivity index (χ3v) is 5.86. The third-order valence-electron chi connectivity index (χ3n) is 4.65. The lowest BCUT2D eigenvalue weighted by molar-refractivity contribution is -0.116. The van der Waals surface area contributed by atoms with Crippen molar-refractivity contribution >= 4 is 22.2 Å². The Morgan fingerprint density at radius 1 is 1.35 bits per heavy atom. The maximum atomic E-state index is 13.7. The number of thiophene rings is 1. The van der Waals surface area contributed by atoms with Crippen LogP contribution in [0.15, 0.2) is 24.3 Å². The van der Waals surface area contributed by atoms with E-state index in [1.165, 1.54) is 22.3 Å². The third kappa shape index (κ3) is 4.29. The van der Waals surface area contributed by atoms with Crippen LogP contribution in [0.4, 0.5) is 9.39 Å². The fourth-order valence-corrected chi connectivity index (χ4v) is 4.51. The maximum Gasteiger partial charge on any atom is 0.226 e. The number of nitrogens with zero attached hydrogens (tertiary/aromatic N) is 2. The number of carbonyl (C=O) groups excluding carboxylic acids is 1. The first-order valence-electron chi connectivity index (χ1n) is 8.85. The summed E-state index contributed by atoms with van der Waals surface area (Å²) in [6, 6.07) is 8.92. The van der Waals surface area contributed by atoms with E-state index in [-0.39, 0.29) is 11.7 Å². The van der Waals surface area contributed by atoms with Gasteiger partial charge in [0, 0.05) is 30.0 Å². The van der Waals surface area contributed by atoms with Gasteiger partial charge in [-0.05, 0) is 44.4 Å². The predicted molar refractivity (Wildman–Crippen MR) is 102 cm³/mol. The number of hydrogen-bond donors (Lipinski definition) is 1. The quantitative estimate of drug-likeness (QED) is 0.832. The number of carbonyl (C=O) groups is 1. The minimum atomic E-state index is -0.230. The molecule has 0 bridgehead atoms. The largest absolute Gasteiger partial charge is 0.317 e. The van der Waals surface area contributed by atoms with E-state index in [0.717, 1.165) is 31.2 Å². The van der Waals surface area contributed by atoms with E-state index in [1.54, 1.807) is 18.2 Å². The van der Waals surface area contributed by atoms with Gasteiger partial charge in [-0.15, -0.1) is 11.3 Å². The highest BCUT2D eigenvalue weighted by Crippen LogP contribution is 2.37. The smallest absolute Gasteiger partial charge is 0.226 e. The van der Waals surface area contributed by atoms with Crippen molar-refractivity contribution in [2.45, 2.75) is 38.6 Å². The summed E-state index contributed by atoms with van der Waals surface area (Å²) in [6.07, 6.45) is 4.48. The van der Waals surface area contributed by atoms with Crippen LogP contribution in [0.25, 0.3) is 0 Å². The van der Waals surface area contributed by atoms with Crippen LogP contribution >= 0.6 is 11.3 Å². The summed E-state index contributed by atoms with van der Waals surface area (Å²) in [6.45, 7) is 0.976.